The number of aryl methyl sites for hydroxylation is 1. The standard InChI is InChI=1S/C20H19FN2OS/c1-14-3-7-16(8-4-14)20-22-18(13-25-20)11-19(24)23(2)12-15-5-9-17(21)10-6-15/h3-10,13H,11-12H2,1-2H3. The number of thiazole rings is 1. The molecule has 0 spiro atoms. The molecule has 0 N–H and O–H groups in total. The van der Waals surface area contributed by atoms with E-state index in [1.165, 1.54) is 17.7 Å². The van der Waals surface area contributed by atoms with Crippen molar-refractivity contribution in [3.05, 3.63) is 76.5 Å². The molecule has 1 aromatic heterocycles. The Morgan fingerprint density at radius 3 is 2.48 bits per heavy atom. The number of amides is 1. The first-order valence-electron chi connectivity index (χ1n) is 8.01. The van der Waals surface area contributed by atoms with Crippen molar-refractivity contribution in [3.63, 3.8) is 0 Å². The summed E-state index contributed by atoms with van der Waals surface area (Å²) >= 11 is 1.54. The van der Waals surface area contributed by atoms with E-state index in [-0.39, 0.29) is 18.1 Å². The van der Waals surface area contributed by atoms with E-state index in [1.54, 1.807) is 35.4 Å². The SMILES string of the molecule is Cc1ccc(-c2nc(CC(=O)N(C)Cc3ccc(F)cc3)cs2)cc1. The minimum absolute atomic E-state index is 0.00918. The highest BCUT2D eigenvalue weighted by Crippen LogP contribution is 2.24. The summed E-state index contributed by atoms with van der Waals surface area (Å²) in [4.78, 5) is 18.6. The van der Waals surface area contributed by atoms with Gasteiger partial charge in [-0.25, -0.2) is 9.37 Å². The molecule has 2 aromatic carbocycles. The lowest BCUT2D eigenvalue weighted by atomic mass is 10.2. The molecule has 0 aliphatic carbocycles. The highest BCUT2D eigenvalue weighted by molar-refractivity contribution is 7.13. The quantitative estimate of drug-likeness (QED) is 0.678. The highest BCUT2D eigenvalue weighted by atomic mass is 32.1. The van der Waals surface area contributed by atoms with Crippen molar-refractivity contribution in [3.8, 4) is 10.6 Å². The fourth-order valence-electron chi connectivity index (χ4n) is 2.46. The molecule has 3 nitrogen and oxygen atoms in total. The average Bonchev–Trinajstić information content (AvgIpc) is 3.06. The number of benzene rings is 2. The van der Waals surface area contributed by atoms with Gasteiger partial charge in [0, 0.05) is 24.5 Å². The second-order valence-corrected chi connectivity index (χ2v) is 6.92. The molecule has 1 amide bonds. The number of rotatable bonds is 5. The lowest BCUT2D eigenvalue weighted by molar-refractivity contribution is -0.129. The van der Waals surface area contributed by atoms with Crippen molar-refractivity contribution >= 4 is 17.2 Å². The normalized spacial score (nSPS) is 10.7. The number of carbonyl (C=O) groups excluding carboxylic acids is 1. The summed E-state index contributed by atoms with van der Waals surface area (Å²) in [5.41, 5.74) is 3.94. The number of halogens is 1. The molecular weight excluding hydrogens is 335 g/mol. The van der Waals surface area contributed by atoms with E-state index in [4.69, 9.17) is 0 Å². The Morgan fingerprint density at radius 1 is 1.12 bits per heavy atom. The summed E-state index contributed by atoms with van der Waals surface area (Å²) in [6, 6.07) is 14.4. The molecule has 3 aromatic rings. The third-order valence-electron chi connectivity index (χ3n) is 3.94. The van der Waals surface area contributed by atoms with Gasteiger partial charge in [-0.05, 0) is 24.6 Å². The maximum absolute atomic E-state index is 12.9. The smallest absolute Gasteiger partial charge is 0.228 e. The summed E-state index contributed by atoms with van der Waals surface area (Å²) in [6.45, 7) is 2.50. The highest BCUT2D eigenvalue weighted by Gasteiger charge is 2.13. The number of hydrogen-bond acceptors (Lipinski definition) is 3. The topological polar surface area (TPSA) is 33.2 Å². The maximum Gasteiger partial charge on any atom is 0.228 e. The van der Waals surface area contributed by atoms with Gasteiger partial charge in [-0.1, -0.05) is 42.0 Å². The van der Waals surface area contributed by atoms with E-state index >= 15 is 0 Å². The van der Waals surface area contributed by atoms with Gasteiger partial charge in [0.15, 0.2) is 0 Å². The van der Waals surface area contributed by atoms with E-state index in [2.05, 4.69) is 17.1 Å². The molecule has 0 unspecified atom stereocenters. The Kier molecular flexibility index (Phi) is 5.24. The van der Waals surface area contributed by atoms with Gasteiger partial charge in [0.05, 0.1) is 12.1 Å². The van der Waals surface area contributed by atoms with E-state index in [1.807, 2.05) is 24.4 Å². The lowest BCUT2D eigenvalue weighted by Gasteiger charge is -2.16. The van der Waals surface area contributed by atoms with Gasteiger partial charge in [-0.2, -0.15) is 0 Å². The molecule has 0 saturated heterocycles. The molecule has 5 heteroatoms. The molecule has 0 aliphatic rings. The first-order valence-corrected chi connectivity index (χ1v) is 8.89. The van der Waals surface area contributed by atoms with Gasteiger partial charge < -0.3 is 4.90 Å². The molecule has 3 rings (SSSR count). The molecule has 128 valence electrons. The zero-order chi connectivity index (χ0) is 17.8. The van der Waals surface area contributed by atoms with Crippen molar-refractivity contribution in [1.29, 1.82) is 0 Å². The first kappa shape index (κ1) is 17.3. The summed E-state index contributed by atoms with van der Waals surface area (Å²) in [7, 11) is 1.75. The molecule has 0 atom stereocenters. The van der Waals surface area contributed by atoms with Crippen LogP contribution in [0.4, 0.5) is 4.39 Å². The fourth-order valence-corrected chi connectivity index (χ4v) is 3.28. The van der Waals surface area contributed by atoms with Crippen LogP contribution in [0.3, 0.4) is 0 Å². The molecule has 0 radical (unpaired) electrons. The second kappa shape index (κ2) is 7.57. The predicted octanol–water partition coefficient (Wildman–Crippen LogP) is 4.46. The van der Waals surface area contributed by atoms with E-state index in [0.717, 1.165) is 21.8 Å². The van der Waals surface area contributed by atoms with Crippen LogP contribution in [0.25, 0.3) is 10.6 Å². The summed E-state index contributed by atoms with van der Waals surface area (Å²) < 4.78 is 12.9. The number of likely N-dealkylation sites (N-methyl/N-ethyl adjacent to an activating group) is 1. The largest absolute Gasteiger partial charge is 0.341 e. The van der Waals surface area contributed by atoms with Crippen LogP contribution >= 0.6 is 11.3 Å². The predicted molar refractivity (Wildman–Crippen MR) is 98.9 cm³/mol. The van der Waals surface area contributed by atoms with Gasteiger partial charge in [0.2, 0.25) is 5.91 Å². The summed E-state index contributed by atoms with van der Waals surface area (Å²) in [5, 5.41) is 2.85. The van der Waals surface area contributed by atoms with Crippen LogP contribution in [0.15, 0.2) is 53.9 Å². The van der Waals surface area contributed by atoms with Crippen molar-refractivity contribution in [1.82, 2.24) is 9.88 Å². The number of aromatic nitrogens is 1. The van der Waals surface area contributed by atoms with Crippen molar-refractivity contribution in [2.45, 2.75) is 19.9 Å². The van der Waals surface area contributed by atoms with Crippen LogP contribution in [0.5, 0.6) is 0 Å². The molecule has 25 heavy (non-hydrogen) atoms. The molecule has 0 fully saturated rings. The number of nitrogens with zero attached hydrogens (tertiary/aromatic N) is 2. The Bertz CT molecular complexity index is 856. The molecule has 0 saturated carbocycles. The Morgan fingerprint density at radius 2 is 1.80 bits per heavy atom. The van der Waals surface area contributed by atoms with Crippen LogP contribution in [-0.2, 0) is 17.8 Å². The number of hydrogen-bond donors (Lipinski definition) is 0. The van der Waals surface area contributed by atoms with Crippen LogP contribution in [0.2, 0.25) is 0 Å². The summed E-state index contributed by atoms with van der Waals surface area (Å²) in [6.07, 6.45) is 0.264. The fraction of sp³-hybridized carbons (Fsp3) is 0.200. The van der Waals surface area contributed by atoms with Crippen LogP contribution < -0.4 is 0 Å². The van der Waals surface area contributed by atoms with Crippen LogP contribution in [0.1, 0.15) is 16.8 Å². The zero-order valence-corrected chi connectivity index (χ0v) is 15.0. The minimum Gasteiger partial charge on any atom is -0.341 e. The van der Waals surface area contributed by atoms with Gasteiger partial charge in [0.1, 0.15) is 10.8 Å². The van der Waals surface area contributed by atoms with Gasteiger partial charge in [0.25, 0.3) is 0 Å². The maximum atomic E-state index is 12.9. The van der Waals surface area contributed by atoms with Gasteiger partial charge in [-0.15, -0.1) is 11.3 Å². The van der Waals surface area contributed by atoms with Crippen molar-refractivity contribution in [2.75, 3.05) is 7.05 Å². The van der Waals surface area contributed by atoms with E-state index in [9.17, 15) is 9.18 Å². The summed E-state index contributed by atoms with van der Waals surface area (Å²) in [5.74, 6) is -0.283. The van der Waals surface area contributed by atoms with Crippen LogP contribution in [-0.4, -0.2) is 22.8 Å². The lowest BCUT2D eigenvalue weighted by Crippen LogP contribution is -2.27. The molecule has 0 aliphatic heterocycles. The average molecular weight is 354 g/mol. The molecular formula is C20H19FN2OS. The third kappa shape index (κ3) is 4.51. The first-order chi connectivity index (χ1) is 12.0. The molecule has 1 heterocycles. The second-order valence-electron chi connectivity index (χ2n) is 6.06. The van der Waals surface area contributed by atoms with E-state index in [0.29, 0.717) is 6.54 Å². The van der Waals surface area contributed by atoms with Crippen molar-refractivity contribution in [2.24, 2.45) is 0 Å². The third-order valence-corrected chi connectivity index (χ3v) is 4.88. The van der Waals surface area contributed by atoms with Gasteiger partial charge in [-0.3, -0.25) is 4.79 Å². The van der Waals surface area contributed by atoms with Crippen molar-refractivity contribution < 1.29 is 9.18 Å². The van der Waals surface area contributed by atoms with E-state index < -0.39 is 0 Å². The Balaban J connectivity index is 1.62. The Hall–Kier alpha value is -2.53. The minimum atomic E-state index is -0.274. The Labute approximate surface area is 150 Å². The molecule has 0 bridgehead atoms. The van der Waals surface area contributed by atoms with Crippen LogP contribution in [0, 0.1) is 12.7 Å². The van der Waals surface area contributed by atoms with Gasteiger partial charge >= 0.3 is 0 Å². The number of carbonyl (C=O) groups is 1. The monoisotopic (exact) mass is 354 g/mol. The zero-order valence-electron chi connectivity index (χ0n) is 14.2.